The Hall–Kier alpha value is -7.80. The van der Waals surface area contributed by atoms with Crippen LogP contribution in [0.25, 0.3) is 0 Å². The highest BCUT2D eigenvalue weighted by Crippen LogP contribution is 2.31. The predicted molar refractivity (Wildman–Crippen MR) is 201 cm³/mol. The number of carboxylic acids is 1. The number of ketones is 1. The Morgan fingerprint density at radius 1 is 0.443 bits per heavy atom. The zero-order chi connectivity index (χ0) is 52.0. The molecule has 0 saturated carbocycles. The Bertz CT molecular complexity index is 2900. The summed E-state index contributed by atoms with van der Waals surface area (Å²) in [5, 5.41) is 9.11. The number of aromatic carboxylic acids is 1. The SMILES string of the molecule is Fc1c(F)c(F)c([B-](c2c(F)c(F)c(F)c(F)c2F)(c2c(F)c(F)c(F)c(F)c2F)c2c(F)c(F)c(F)c(F)c2F)c(F)c1F.O=C(O)c1cccc(Cc2cncc[n+]2CC(=O)c2ccccc2)c1. The number of hydrogen-bond donors (Lipinski definition) is 1. The molecule has 0 saturated heterocycles. The van der Waals surface area contributed by atoms with E-state index in [1.165, 1.54) is 0 Å². The molecule has 5 nitrogen and oxygen atoms in total. The van der Waals surface area contributed by atoms with Crippen LogP contribution in [0.3, 0.4) is 0 Å². The van der Waals surface area contributed by atoms with Crippen LogP contribution in [0.5, 0.6) is 0 Å². The van der Waals surface area contributed by atoms with E-state index in [0.29, 0.717) is 12.0 Å². The van der Waals surface area contributed by atoms with Crippen LogP contribution < -0.4 is 26.4 Å². The van der Waals surface area contributed by atoms with Gasteiger partial charge in [-0.25, -0.2) is 92.6 Å². The van der Waals surface area contributed by atoms with Crippen LogP contribution in [-0.4, -0.2) is 28.0 Å². The molecule has 0 unspecified atom stereocenters. The van der Waals surface area contributed by atoms with Crippen LogP contribution >= 0.6 is 0 Å². The molecule has 364 valence electrons. The molecule has 70 heavy (non-hydrogen) atoms. The number of aromatic nitrogens is 2. The van der Waals surface area contributed by atoms with Crippen molar-refractivity contribution in [1.82, 2.24) is 4.98 Å². The molecule has 0 bridgehead atoms. The third kappa shape index (κ3) is 8.54. The molecule has 0 spiro atoms. The Labute approximate surface area is 376 Å². The van der Waals surface area contributed by atoms with Crippen molar-refractivity contribution in [3.8, 4) is 0 Å². The van der Waals surface area contributed by atoms with Crippen molar-refractivity contribution < 1.29 is 107 Å². The van der Waals surface area contributed by atoms with E-state index < -0.39 is 150 Å². The summed E-state index contributed by atoms with van der Waals surface area (Å²) in [5.74, 6) is -72.4. The van der Waals surface area contributed by atoms with E-state index in [4.69, 9.17) is 5.11 Å². The van der Waals surface area contributed by atoms with Gasteiger partial charge >= 0.3 is 5.97 Å². The van der Waals surface area contributed by atoms with Gasteiger partial charge in [-0.3, -0.25) is 9.78 Å². The van der Waals surface area contributed by atoms with Gasteiger partial charge in [-0.2, -0.15) is 4.57 Å². The molecule has 26 heteroatoms. The van der Waals surface area contributed by atoms with E-state index in [1.807, 2.05) is 28.8 Å². The third-order valence-corrected chi connectivity index (χ3v) is 10.6. The quantitative estimate of drug-likeness (QED) is 0.0374. The summed E-state index contributed by atoms with van der Waals surface area (Å²) in [7, 11) is 0. The highest BCUT2D eigenvalue weighted by molar-refractivity contribution is 7.20. The van der Waals surface area contributed by atoms with E-state index in [2.05, 4.69) is 4.98 Å². The summed E-state index contributed by atoms with van der Waals surface area (Å²) in [6.45, 7) is 0.209. The first-order chi connectivity index (χ1) is 32.8. The third-order valence-electron chi connectivity index (χ3n) is 10.6. The maximum atomic E-state index is 15.4. The van der Waals surface area contributed by atoms with E-state index in [0.717, 1.165) is 11.3 Å². The lowest BCUT2D eigenvalue weighted by Gasteiger charge is -2.44. The molecule has 0 atom stereocenters. The van der Waals surface area contributed by atoms with Crippen molar-refractivity contribution in [3.05, 3.63) is 212 Å². The number of hydrogen-bond acceptors (Lipinski definition) is 3. The summed E-state index contributed by atoms with van der Waals surface area (Å²) in [5.41, 5.74) is -11.7. The molecule has 0 aliphatic carbocycles. The number of carboxylic acid groups (broad SMARTS) is 1. The first kappa shape index (κ1) is 51.6. The molecule has 0 aliphatic heterocycles. The van der Waals surface area contributed by atoms with Crippen molar-refractivity contribution in [2.75, 3.05) is 0 Å². The van der Waals surface area contributed by atoms with Crippen molar-refractivity contribution in [2.24, 2.45) is 0 Å². The van der Waals surface area contributed by atoms with Gasteiger partial charge in [-0.05, 0) is 17.7 Å². The fourth-order valence-electron chi connectivity index (χ4n) is 7.49. The van der Waals surface area contributed by atoms with E-state index in [-0.39, 0.29) is 17.9 Å². The van der Waals surface area contributed by atoms with Crippen LogP contribution in [-0.2, 0) is 13.0 Å². The van der Waals surface area contributed by atoms with Gasteiger partial charge in [0.1, 0.15) is 52.7 Å². The van der Waals surface area contributed by atoms with Crippen LogP contribution in [0.1, 0.15) is 32.0 Å². The minimum absolute atomic E-state index is 0.0114. The van der Waals surface area contributed by atoms with E-state index >= 15 is 35.1 Å². The second-order valence-electron chi connectivity index (χ2n) is 14.5. The maximum Gasteiger partial charge on any atom is 0.335 e. The molecular formula is C44H17BF20N2O3. The number of nitrogens with zero attached hydrogens (tertiary/aromatic N) is 2. The number of carbonyl (C=O) groups excluding carboxylic acids is 1. The van der Waals surface area contributed by atoms with Crippen molar-refractivity contribution in [1.29, 1.82) is 0 Å². The smallest absolute Gasteiger partial charge is 0.335 e. The minimum atomic E-state index is -7.22. The van der Waals surface area contributed by atoms with Gasteiger partial charge in [0.2, 0.25) is 18.0 Å². The molecule has 0 amide bonds. The second-order valence-corrected chi connectivity index (χ2v) is 14.5. The first-order valence-corrected chi connectivity index (χ1v) is 18.8. The first-order valence-electron chi connectivity index (χ1n) is 18.8. The van der Waals surface area contributed by atoms with Gasteiger partial charge in [0.25, 0.3) is 0 Å². The maximum absolute atomic E-state index is 15.4. The molecule has 1 N–H and O–H groups in total. The summed E-state index contributed by atoms with van der Waals surface area (Å²) in [4.78, 5) is 27.7. The molecule has 1 heterocycles. The number of rotatable bonds is 10. The molecular weight excluding hydrogens is 995 g/mol. The number of Topliss-reactive ketones (excluding diaryl/α,β-unsaturated/α-hetero) is 1. The Morgan fingerprint density at radius 3 is 1.11 bits per heavy atom. The van der Waals surface area contributed by atoms with Gasteiger partial charge < -0.3 is 5.11 Å². The van der Waals surface area contributed by atoms with E-state index in [1.54, 1.807) is 48.9 Å². The van der Waals surface area contributed by atoms with Gasteiger partial charge in [-0.15, -0.1) is 21.9 Å². The highest BCUT2D eigenvalue weighted by Gasteiger charge is 2.52. The lowest BCUT2D eigenvalue weighted by Crippen LogP contribution is -2.81. The molecule has 7 rings (SSSR count). The van der Waals surface area contributed by atoms with Gasteiger partial charge in [0.05, 0.1) is 24.4 Å². The predicted octanol–water partition coefficient (Wildman–Crippen LogP) is 8.39. The molecule has 1 aromatic heterocycles. The van der Waals surface area contributed by atoms with Crippen molar-refractivity contribution >= 4 is 39.7 Å². The fraction of sp³-hybridized carbons (Fsp3) is 0.0455. The largest absolute Gasteiger partial charge is 0.478 e. The van der Waals surface area contributed by atoms with Crippen molar-refractivity contribution in [2.45, 2.75) is 13.0 Å². The molecule has 0 fully saturated rings. The molecule has 0 aliphatic rings. The minimum Gasteiger partial charge on any atom is -0.478 e. The van der Waals surface area contributed by atoms with Crippen LogP contribution in [0.15, 0.2) is 73.2 Å². The topological polar surface area (TPSA) is 71.1 Å². The summed E-state index contributed by atoms with van der Waals surface area (Å²) in [6.07, 6.45) is -1.62. The number of halogens is 20. The Morgan fingerprint density at radius 2 is 0.771 bits per heavy atom. The van der Waals surface area contributed by atoms with Crippen molar-refractivity contribution in [3.63, 3.8) is 0 Å². The monoisotopic (exact) mass is 1010 g/mol. The highest BCUT2D eigenvalue weighted by atomic mass is 19.2. The molecule has 0 radical (unpaired) electrons. The van der Waals surface area contributed by atoms with Crippen LogP contribution in [0.2, 0.25) is 0 Å². The van der Waals surface area contributed by atoms with Crippen LogP contribution in [0.4, 0.5) is 87.8 Å². The van der Waals surface area contributed by atoms with E-state index in [9.17, 15) is 62.3 Å². The normalized spacial score (nSPS) is 11.4. The number of benzene rings is 6. The Balaban J connectivity index is 0.000000270. The van der Waals surface area contributed by atoms with Gasteiger partial charge in [-0.1, -0.05) is 42.5 Å². The lowest BCUT2D eigenvalue weighted by molar-refractivity contribution is -0.690. The summed E-state index contributed by atoms with van der Waals surface area (Å²) < 4.78 is 296. The second kappa shape index (κ2) is 19.7. The summed E-state index contributed by atoms with van der Waals surface area (Å²) in [6, 6.07) is 15.9. The fourth-order valence-corrected chi connectivity index (χ4v) is 7.49. The Kier molecular flexibility index (Phi) is 14.5. The number of carbonyl (C=O) groups is 2. The zero-order valence-electron chi connectivity index (χ0n) is 33.6. The average molecular weight is 1010 g/mol. The molecule has 7 aromatic rings. The van der Waals surface area contributed by atoms with Crippen LogP contribution in [0, 0.1) is 116 Å². The lowest BCUT2D eigenvalue weighted by atomic mass is 9.12. The van der Waals surface area contributed by atoms with Gasteiger partial charge in [0.15, 0.2) is 76.0 Å². The standard InChI is InChI=1S/C24BF20.C20H16N2O3/c26-5-1(6(27)14(35)21(42)13(5)34)25(2-7(28)15(36)22(43)16(37)8(2)29,3-9(30)17(38)23(44)18(39)10(3)31)4-11(32)19(40)24(45)20(41)12(4)33;23-19(16-6-2-1-3-7-16)14-22-10-9-21-13-18(22)12-15-5-4-8-17(11-15)20(24)25/h;1-11,13H,12,14H2/q-1;/p+1. The molecule has 6 aromatic carbocycles. The zero-order valence-corrected chi connectivity index (χ0v) is 33.6. The van der Waals surface area contributed by atoms with Gasteiger partial charge in [0, 0.05) is 5.56 Å². The average Bonchev–Trinajstić information content (AvgIpc) is 3.35. The summed E-state index contributed by atoms with van der Waals surface area (Å²) >= 11 is 0.